The van der Waals surface area contributed by atoms with Crippen molar-refractivity contribution in [1.29, 1.82) is 5.26 Å². The van der Waals surface area contributed by atoms with Gasteiger partial charge in [-0.3, -0.25) is 10.1 Å². The zero-order valence-electron chi connectivity index (χ0n) is 10.1. The van der Waals surface area contributed by atoms with E-state index in [1.54, 1.807) is 0 Å². The first-order valence-corrected chi connectivity index (χ1v) is 6.23. The van der Waals surface area contributed by atoms with Gasteiger partial charge in [0.05, 0.1) is 21.4 Å². The second kappa shape index (κ2) is 6.31. The summed E-state index contributed by atoms with van der Waals surface area (Å²) in [5.74, 6) is 0.485. The largest absolute Gasteiger partial charge is 0.355 e. The van der Waals surface area contributed by atoms with Crippen LogP contribution in [0.2, 0.25) is 0 Å². The third-order valence-corrected chi connectivity index (χ3v) is 3.00. The maximum atomic E-state index is 10.6. The SMILES string of the molecule is CCN(CC(C)C#N)c1ncc([N+](=O)[O-])cc1Br. The molecule has 1 heterocycles. The van der Waals surface area contributed by atoms with Gasteiger partial charge in [-0.15, -0.1) is 0 Å². The molecule has 0 aliphatic heterocycles. The highest BCUT2D eigenvalue weighted by molar-refractivity contribution is 9.10. The topological polar surface area (TPSA) is 83.1 Å². The molecule has 18 heavy (non-hydrogen) atoms. The molecule has 0 N–H and O–H groups in total. The van der Waals surface area contributed by atoms with Gasteiger partial charge in [-0.05, 0) is 29.8 Å². The normalized spacial score (nSPS) is 11.7. The number of nitriles is 1. The standard InChI is InChI=1S/C11H13BrN4O2/c1-3-15(7-8(2)5-13)11-10(12)4-9(6-14-11)16(17)18/h4,6,8H,3,7H2,1-2H3. The Kier molecular flexibility index (Phi) is 5.04. The lowest BCUT2D eigenvalue weighted by atomic mass is 10.2. The summed E-state index contributed by atoms with van der Waals surface area (Å²) in [5, 5.41) is 19.4. The summed E-state index contributed by atoms with van der Waals surface area (Å²) in [6.45, 7) is 4.98. The first-order chi connectivity index (χ1) is 8.49. The van der Waals surface area contributed by atoms with Crippen LogP contribution in [-0.2, 0) is 0 Å². The molecule has 0 aromatic carbocycles. The van der Waals surface area contributed by atoms with Crippen LogP contribution in [0.3, 0.4) is 0 Å². The molecular formula is C11H13BrN4O2. The van der Waals surface area contributed by atoms with Crippen LogP contribution in [0.5, 0.6) is 0 Å². The Bertz CT molecular complexity index is 486. The number of pyridine rings is 1. The van der Waals surface area contributed by atoms with Gasteiger partial charge in [0.15, 0.2) is 0 Å². The van der Waals surface area contributed by atoms with Crippen LogP contribution < -0.4 is 4.90 Å². The van der Waals surface area contributed by atoms with Crippen molar-refractivity contribution in [3.05, 3.63) is 26.9 Å². The van der Waals surface area contributed by atoms with E-state index in [1.807, 2.05) is 18.7 Å². The number of rotatable bonds is 5. The van der Waals surface area contributed by atoms with Crippen molar-refractivity contribution in [3.63, 3.8) is 0 Å². The number of nitrogens with zero attached hydrogens (tertiary/aromatic N) is 4. The third kappa shape index (κ3) is 3.40. The highest BCUT2D eigenvalue weighted by atomic mass is 79.9. The predicted octanol–water partition coefficient (Wildman–Crippen LogP) is 2.74. The van der Waals surface area contributed by atoms with Crippen molar-refractivity contribution in [2.75, 3.05) is 18.0 Å². The van der Waals surface area contributed by atoms with Crippen LogP contribution >= 0.6 is 15.9 Å². The molecule has 0 aliphatic rings. The summed E-state index contributed by atoms with van der Waals surface area (Å²) >= 11 is 3.28. The third-order valence-electron chi connectivity index (χ3n) is 2.41. The summed E-state index contributed by atoms with van der Waals surface area (Å²) in [4.78, 5) is 16.1. The molecule has 1 aromatic rings. The molecule has 1 atom stereocenters. The predicted molar refractivity (Wildman–Crippen MR) is 71.3 cm³/mol. The van der Waals surface area contributed by atoms with Crippen molar-refractivity contribution < 1.29 is 4.92 Å². The minimum atomic E-state index is -0.490. The maximum Gasteiger partial charge on any atom is 0.288 e. The van der Waals surface area contributed by atoms with E-state index in [-0.39, 0.29) is 11.6 Å². The second-order valence-corrected chi connectivity index (χ2v) is 4.68. The molecule has 1 unspecified atom stereocenters. The molecule has 1 rings (SSSR count). The van der Waals surface area contributed by atoms with Crippen LogP contribution in [0.4, 0.5) is 11.5 Å². The number of nitro groups is 1. The zero-order valence-corrected chi connectivity index (χ0v) is 11.7. The van der Waals surface area contributed by atoms with E-state index in [1.165, 1.54) is 12.3 Å². The second-order valence-electron chi connectivity index (χ2n) is 3.82. The molecule has 0 fully saturated rings. The van der Waals surface area contributed by atoms with Crippen LogP contribution in [0, 0.1) is 27.4 Å². The molecule has 7 heteroatoms. The van der Waals surface area contributed by atoms with Gasteiger partial charge in [-0.1, -0.05) is 0 Å². The Morgan fingerprint density at radius 1 is 1.72 bits per heavy atom. The number of aromatic nitrogens is 1. The average Bonchev–Trinajstić information content (AvgIpc) is 2.35. The molecule has 96 valence electrons. The van der Waals surface area contributed by atoms with E-state index in [9.17, 15) is 10.1 Å². The summed E-state index contributed by atoms with van der Waals surface area (Å²) < 4.78 is 0.559. The Morgan fingerprint density at radius 3 is 2.83 bits per heavy atom. The molecule has 0 radical (unpaired) electrons. The minimum absolute atomic E-state index is 0.0602. The molecule has 0 aliphatic carbocycles. The molecule has 0 saturated carbocycles. The zero-order chi connectivity index (χ0) is 13.7. The van der Waals surface area contributed by atoms with Gasteiger partial charge in [0, 0.05) is 19.2 Å². The fourth-order valence-corrected chi connectivity index (χ4v) is 2.08. The Balaban J connectivity index is 3.00. The lowest BCUT2D eigenvalue weighted by Crippen LogP contribution is -2.28. The Morgan fingerprint density at radius 2 is 2.39 bits per heavy atom. The number of hydrogen-bond acceptors (Lipinski definition) is 5. The molecule has 0 amide bonds. The summed E-state index contributed by atoms with van der Waals surface area (Å²) in [6.07, 6.45) is 1.22. The molecule has 0 saturated heterocycles. The van der Waals surface area contributed by atoms with E-state index in [0.717, 1.165) is 0 Å². The van der Waals surface area contributed by atoms with Crippen LogP contribution in [-0.4, -0.2) is 23.0 Å². The quantitative estimate of drug-likeness (QED) is 0.616. The molecule has 6 nitrogen and oxygen atoms in total. The first-order valence-electron chi connectivity index (χ1n) is 5.44. The Labute approximate surface area is 114 Å². The first kappa shape index (κ1) is 14.4. The van der Waals surface area contributed by atoms with Gasteiger partial charge in [0.1, 0.15) is 12.0 Å². The smallest absolute Gasteiger partial charge is 0.288 e. The van der Waals surface area contributed by atoms with E-state index < -0.39 is 4.92 Å². The van der Waals surface area contributed by atoms with Crippen molar-refractivity contribution in [2.24, 2.45) is 5.92 Å². The molecule has 0 spiro atoms. The van der Waals surface area contributed by atoms with Crippen LogP contribution in [0.25, 0.3) is 0 Å². The monoisotopic (exact) mass is 312 g/mol. The van der Waals surface area contributed by atoms with E-state index in [0.29, 0.717) is 23.4 Å². The van der Waals surface area contributed by atoms with Gasteiger partial charge in [0.2, 0.25) is 0 Å². The van der Waals surface area contributed by atoms with Gasteiger partial charge < -0.3 is 4.90 Å². The molecular weight excluding hydrogens is 300 g/mol. The van der Waals surface area contributed by atoms with Crippen molar-refractivity contribution in [3.8, 4) is 6.07 Å². The van der Waals surface area contributed by atoms with E-state index >= 15 is 0 Å². The van der Waals surface area contributed by atoms with Gasteiger partial charge in [-0.2, -0.15) is 5.26 Å². The minimum Gasteiger partial charge on any atom is -0.355 e. The highest BCUT2D eigenvalue weighted by Gasteiger charge is 2.16. The molecule has 0 bridgehead atoms. The van der Waals surface area contributed by atoms with Crippen LogP contribution in [0.15, 0.2) is 16.7 Å². The van der Waals surface area contributed by atoms with Crippen LogP contribution in [0.1, 0.15) is 13.8 Å². The van der Waals surface area contributed by atoms with Gasteiger partial charge in [-0.25, -0.2) is 4.98 Å². The maximum absolute atomic E-state index is 10.6. The van der Waals surface area contributed by atoms with Gasteiger partial charge >= 0.3 is 0 Å². The van der Waals surface area contributed by atoms with Gasteiger partial charge in [0.25, 0.3) is 5.69 Å². The summed E-state index contributed by atoms with van der Waals surface area (Å²) in [6, 6.07) is 3.57. The van der Waals surface area contributed by atoms with Crippen molar-refractivity contribution in [2.45, 2.75) is 13.8 Å². The Hall–Kier alpha value is -1.68. The van der Waals surface area contributed by atoms with Crippen molar-refractivity contribution >= 4 is 27.4 Å². The van der Waals surface area contributed by atoms with Crippen molar-refractivity contribution in [1.82, 2.24) is 4.98 Å². The lowest BCUT2D eigenvalue weighted by molar-refractivity contribution is -0.385. The number of halogens is 1. The summed E-state index contributed by atoms with van der Waals surface area (Å²) in [5.41, 5.74) is -0.0602. The fraction of sp³-hybridized carbons (Fsp3) is 0.455. The fourth-order valence-electron chi connectivity index (χ4n) is 1.49. The average molecular weight is 313 g/mol. The van der Waals surface area contributed by atoms with E-state index in [4.69, 9.17) is 5.26 Å². The lowest BCUT2D eigenvalue weighted by Gasteiger charge is -2.23. The molecule has 1 aromatic heterocycles. The summed E-state index contributed by atoms with van der Waals surface area (Å²) in [7, 11) is 0. The highest BCUT2D eigenvalue weighted by Crippen LogP contribution is 2.27. The number of anilines is 1. The number of hydrogen-bond donors (Lipinski definition) is 0. The van der Waals surface area contributed by atoms with E-state index in [2.05, 4.69) is 27.0 Å².